The first-order valence-corrected chi connectivity index (χ1v) is 10.1. The van der Waals surface area contributed by atoms with E-state index in [-0.39, 0.29) is 33.3 Å². The third-order valence-electron chi connectivity index (χ3n) is 5.24. The van der Waals surface area contributed by atoms with Gasteiger partial charge >= 0.3 is 17.8 Å². The van der Waals surface area contributed by atoms with Gasteiger partial charge in [0.15, 0.2) is 0 Å². The van der Waals surface area contributed by atoms with E-state index in [1.807, 2.05) is 4.98 Å². The molecule has 0 spiro atoms. The molecule has 0 aromatic carbocycles. The van der Waals surface area contributed by atoms with Crippen molar-refractivity contribution in [1.29, 1.82) is 0 Å². The summed E-state index contributed by atoms with van der Waals surface area (Å²) >= 11 is 0.833. The monoisotopic (exact) mass is 447 g/mol. The standard InChI is InChI=1S/C18H20F3N3O5S/c1-9-12-14(27)22-17(29)24(7-4-18(19,20)21)16(12)30-13(9)15(28)23-5-2-10(3-6-23)8-11(25)26/h10H,2-8H2,1H3,(H,25,26)(H,22,27,29). The van der Waals surface area contributed by atoms with E-state index in [1.54, 1.807) is 4.90 Å². The number of carbonyl (C=O) groups excluding carboxylic acids is 1. The van der Waals surface area contributed by atoms with Crippen molar-refractivity contribution in [3.63, 3.8) is 0 Å². The summed E-state index contributed by atoms with van der Waals surface area (Å²) in [4.78, 5) is 52.0. The highest BCUT2D eigenvalue weighted by atomic mass is 32.1. The summed E-state index contributed by atoms with van der Waals surface area (Å²) in [5.74, 6) is -1.29. The fourth-order valence-electron chi connectivity index (χ4n) is 3.65. The van der Waals surface area contributed by atoms with Crippen LogP contribution in [0.3, 0.4) is 0 Å². The predicted molar refractivity (Wildman–Crippen MR) is 103 cm³/mol. The van der Waals surface area contributed by atoms with Crippen molar-refractivity contribution >= 4 is 33.4 Å². The highest BCUT2D eigenvalue weighted by Crippen LogP contribution is 2.31. The number of piperidine rings is 1. The zero-order valence-electron chi connectivity index (χ0n) is 16.0. The Hall–Kier alpha value is -2.63. The second-order valence-corrected chi connectivity index (χ2v) is 8.34. The Bertz CT molecular complexity index is 1090. The number of halogens is 3. The van der Waals surface area contributed by atoms with E-state index in [2.05, 4.69) is 0 Å². The lowest BCUT2D eigenvalue weighted by Crippen LogP contribution is -2.38. The van der Waals surface area contributed by atoms with Crippen LogP contribution >= 0.6 is 11.3 Å². The van der Waals surface area contributed by atoms with E-state index in [0.717, 1.165) is 15.9 Å². The molecule has 8 nitrogen and oxygen atoms in total. The number of alkyl halides is 3. The predicted octanol–water partition coefficient (Wildman–Crippen LogP) is 2.34. The molecule has 3 rings (SSSR count). The maximum atomic E-state index is 13.0. The molecule has 2 aromatic heterocycles. The molecule has 1 saturated heterocycles. The third kappa shape index (κ3) is 4.58. The van der Waals surface area contributed by atoms with Gasteiger partial charge in [0.25, 0.3) is 11.5 Å². The van der Waals surface area contributed by atoms with Gasteiger partial charge in [-0.15, -0.1) is 11.3 Å². The molecular weight excluding hydrogens is 427 g/mol. The number of carboxylic acids is 1. The Morgan fingerprint density at radius 1 is 1.23 bits per heavy atom. The summed E-state index contributed by atoms with van der Waals surface area (Å²) in [5.41, 5.74) is -1.38. The number of fused-ring (bicyclic) bond motifs is 1. The average Bonchev–Trinajstić information content (AvgIpc) is 2.97. The molecule has 1 aliphatic heterocycles. The zero-order valence-corrected chi connectivity index (χ0v) is 16.9. The number of likely N-dealkylation sites (tertiary alicyclic amines) is 1. The van der Waals surface area contributed by atoms with Crippen molar-refractivity contribution in [2.75, 3.05) is 13.1 Å². The van der Waals surface area contributed by atoms with E-state index < -0.39 is 36.4 Å². The van der Waals surface area contributed by atoms with Crippen LogP contribution in [-0.2, 0) is 11.3 Å². The number of carboxylic acid groups (broad SMARTS) is 1. The number of hydrogen-bond donors (Lipinski definition) is 2. The number of nitrogens with one attached hydrogen (secondary N) is 1. The second-order valence-electron chi connectivity index (χ2n) is 7.35. The lowest BCUT2D eigenvalue weighted by atomic mass is 9.93. The van der Waals surface area contributed by atoms with Crippen molar-refractivity contribution in [1.82, 2.24) is 14.5 Å². The van der Waals surface area contributed by atoms with Crippen LogP contribution in [0.2, 0.25) is 0 Å². The number of H-pyrrole nitrogens is 1. The van der Waals surface area contributed by atoms with Crippen molar-refractivity contribution in [3.8, 4) is 0 Å². The van der Waals surface area contributed by atoms with Gasteiger partial charge in [0.2, 0.25) is 0 Å². The van der Waals surface area contributed by atoms with Gasteiger partial charge in [-0.25, -0.2) is 4.79 Å². The van der Waals surface area contributed by atoms with Gasteiger partial charge in [-0.1, -0.05) is 0 Å². The van der Waals surface area contributed by atoms with Crippen LogP contribution < -0.4 is 11.2 Å². The molecule has 164 valence electrons. The maximum Gasteiger partial charge on any atom is 0.390 e. The Morgan fingerprint density at radius 3 is 2.43 bits per heavy atom. The number of aliphatic carboxylic acids is 1. The minimum absolute atomic E-state index is 0.0227. The van der Waals surface area contributed by atoms with E-state index in [9.17, 15) is 32.3 Å². The summed E-state index contributed by atoms with van der Waals surface area (Å²) in [6.07, 6.45) is -4.64. The molecule has 12 heteroatoms. The Morgan fingerprint density at radius 2 is 1.87 bits per heavy atom. The first-order chi connectivity index (χ1) is 14.0. The van der Waals surface area contributed by atoms with Crippen LogP contribution in [0.1, 0.15) is 40.9 Å². The molecule has 1 fully saturated rings. The average molecular weight is 447 g/mol. The number of nitrogens with zero attached hydrogens (tertiary/aromatic N) is 2. The van der Waals surface area contributed by atoms with Crippen LogP contribution in [0.25, 0.3) is 10.2 Å². The number of hydrogen-bond acceptors (Lipinski definition) is 5. The summed E-state index contributed by atoms with van der Waals surface area (Å²) < 4.78 is 38.8. The molecule has 0 radical (unpaired) electrons. The summed E-state index contributed by atoms with van der Waals surface area (Å²) in [6.45, 7) is 1.56. The lowest BCUT2D eigenvalue weighted by Gasteiger charge is -2.31. The molecular formula is C18H20F3N3O5S. The molecule has 30 heavy (non-hydrogen) atoms. The zero-order chi connectivity index (χ0) is 22.2. The highest BCUT2D eigenvalue weighted by Gasteiger charge is 2.30. The van der Waals surface area contributed by atoms with Crippen LogP contribution in [0, 0.1) is 12.8 Å². The summed E-state index contributed by atoms with van der Waals surface area (Å²) in [5, 5.41) is 8.93. The molecule has 0 bridgehead atoms. The molecule has 1 aliphatic rings. The van der Waals surface area contributed by atoms with Gasteiger partial charge in [-0.2, -0.15) is 13.2 Å². The number of carbonyl (C=O) groups is 2. The molecule has 0 aliphatic carbocycles. The molecule has 0 atom stereocenters. The number of aryl methyl sites for hydroxylation is 2. The Balaban J connectivity index is 1.92. The molecule has 3 heterocycles. The van der Waals surface area contributed by atoms with Gasteiger partial charge in [0, 0.05) is 26.1 Å². The van der Waals surface area contributed by atoms with Crippen LogP contribution in [0.4, 0.5) is 13.2 Å². The summed E-state index contributed by atoms with van der Waals surface area (Å²) in [7, 11) is 0. The summed E-state index contributed by atoms with van der Waals surface area (Å²) in [6, 6.07) is 0. The van der Waals surface area contributed by atoms with E-state index in [0.29, 0.717) is 31.5 Å². The van der Waals surface area contributed by atoms with Crippen molar-refractivity contribution in [2.45, 2.75) is 45.3 Å². The smallest absolute Gasteiger partial charge is 0.390 e. The fourth-order valence-corrected chi connectivity index (χ4v) is 4.95. The minimum atomic E-state index is -4.48. The number of thiophene rings is 1. The molecule has 0 saturated carbocycles. The van der Waals surface area contributed by atoms with E-state index in [4.69, 9.17) is 5.11 Å². The van der Waals surface area contributed by atoms with Crippen molar-refractivity contribution in [3.05, 3.63) is 31.3 Å². The van der Waals surface area contributed by atoms with Crippen LogP contribution in [0.5, 0.6) is 0 Å². The number of amides is 1. The molecule has 2 aromatic rings. The van der Waals surface area contributed by atoms with Gasteiger partial charge in [0.1, 0.15) is 4.83 Å². The lowest BCUT2D eigenvalue weighted by molar-refractivity contribution is -0.138. The highest BCUT2D eigenvalue weighted by molar-refractivity contribution is 7.20. The van der Waals surface area contributed by atoms with Gasteiger partial charge in [0.05, 0.1) is 16.7 Å². The Labute approximate surface area is 171 Å². The Kier molecular flexibility index (Phi) is 6.06. The number of rotatable bonds is 5. The topological polar surface area (TPSA) is 112 Å². The number of aromatic nitrogens is 2. The van der Waals surface area contributed by atoms with E-state index in [1.165, 1.54) is 6.92 Å². The van der Waals surface area contributed by atoms with Crippen LogP contribution in [0.15, 0.2) is 9.59 Å². The van der Waals surface area contributed by atoms with Gasteiger partial charge < -0.3 is 10.0 Å². The second kappa shape index (κ2) is 8.25. The largest absolute Gasteiger partial charge is 0.481 e. The van der Waals surface area contributed by atoms with E-state index >= 15 is 0 Å². The van der Waals surface area contributed by atoms with Gasteiger partial charge in [-0.05, 0) is 31.2 Å². The van der Waals surface area contributed by atoms with Crippen molar-refractivity contribution in [2.24, 2.45) is 5.92 Å². The van der Waals surface area contributed by atoms with Crippen LogP contribution in [-0.4, -0.2) is 50.7 Å². The van der Waals surface area contributed by atoms with Crippen molar-refractivity contribution < 1.29 is 27.9 Å². The molecule has 2 N–H and O–H groups in total. The minimum Gasteiger partial charge on any atom is -0.481 e. The maximum absolute atomic E-state index is 13.0. The first-order valence-electron chi connectivity index (χ1n) is 9.32. The fraction of sp³-hybridized carbons (Fsp3) is 0.556. The third-order valence-corrected chi connectivity index (χ3v) is 6.55. The first kappa shape index (κ1) is 22.1. The molecule has 0 unspecified atom stereocenters. The quantitative estimate of drug-likeness (QED) is 0.731. The molecule has 1 amide bonds. The SMILES string of the molecule is Cc1c(C(=O)N2CCC(CC(=O)O)CC2)sc2c1c(=O)[nH]c(=O)n2CCC(F)(F)F. The van der Waals surface area contributed by atoms with Gasteiger partial charge in [-0.3, -0.25) is 23.9 Å². The number of aromatic amines is 1. The normalized spacial score (nSPS) is 15.7.